The lowest BCUT2D eigenvalue weighted by atomic mass is 10.0. The van der Waals surface area contributed by atoms with Gasteiger partial charge in [-0.05, 0) is 25.2 Å². The van der Waals surface area contributed by atoms with Crippen LogP contribution in [0.25, 0.3) is 0 Å². The van der Waals surface area contributed by atoms with Crippen LogP contribution in [0.1, 0.15) is 26.2 Å². The number of aliphatic hydroxyl groups excluding tert-OH is 1. The molecule has 4 nitrogen and oxygen atoms in total. The third-order valence-electron chi connectivity index (χ3n) is 3.50. The van der Waals surface area contributed by atoms with Crippen LogP contribution < -0.4 is 0 Å². The standard InChI is InChI=1S/C11H19NO3/c1-8-4-6-15-10(8)11(14)12-5-2-3-9(12)7-13/h8-10,13H,2-7H2,1H3/t8?,9-,10?/m0/s1. The number of aliphatic hydroxyl groups is 1. The lowest BCUT2D eigenvalue weighted by Gasteiger charge is -2.27. The fourth-order valence-corrected chi connectivity index (χ4v) is 2.49. The van der Waals surface area contributed by atoms with E-state index in [1.54, 1.807) is 4.90 Å². The monoisotopic (exact) mass is 213 g/mol. The zero-order chi connectivity index (χ0) is 10.8. The highest BCUT2D eigenvalue weighted by Crippen LogP contribution is 2.25. The maximum Gasteiger partial charge on any atom is 0.252 e. The molecule has 0 aromatic carbocycles. The van der Waals surface area contributed by atoms with E-state index >= 15 is 0 Å². The summed E-state index contributed by atoms with van der Waals surface area (Å²) in [6.07, 6.45) is 2.62. The zero-order valence-electron chi connectivity index (χ0n) is 9.19. The minimum absolute atomic E-state index is 0.0221. The van der Waals surface area contributed by atoms with E-state index in [1.165, 1.54) is 0 Å². The predicted molar refractivity (Wildman–Crippen MR) is 55.3 cm³/mol. The van der Waals surface area contributed by atoms with Gasteiger partial charge in [0.25, 0.3) is 5.91 Å². The molecule has 4 heteroatoms. The van der Waals surface area contributed by atoms with E-state index in [1.807, 2.05) is 0 Å². The Morgan fingerprint density at radius 3 is 2.93 bits per heavy atom. The van der Waals surface area contributed by atoms with Gasteiger partial charge in [0.15, 0.2) is 0 Å². The smallest absolute Gasteiger partial charge is 0.252 e. The molecule has 0 spiro atoms. The van der Waals surface area contributed by atoms with Crippen LogP contribution in [0.3, 0.4) is 0 Å². The summed E-state index contributed by atoms with van der Waals surface area (Å²) in [4.78, 5) is 13.9. The molecular formula is C11H19NO3. The molecule has 86 valence electrons. The van der Waals surface area contributed by atoms with Crippen molar-refractivity contribution < 1.29 is 14.6 Å². The number of hydrogen-bond acceptors (Lipinski definition) is 3. The maximum atomic E-state index is 12.1. The molecule has 3 atom stereocenters. The highest BCUT2D eigenvalue weighted by molar-refractivity contribution is 5.82. The number of rotatable bonds is 2. The fraction of sp³-hybridized carbons (Fsp3) is 0.909. The number of likely N-dealkylation sites (tertiary alicyclic amines) is 1. The van der Waals surface area contributed by atoms with E-state index < -0.39 is 0 Å². The van der Waals surface area contributed by atoms with Crippen LogP contribution in [0.2, 0.25) is 0 Å². The van der Waals surface area contributed by atoms with Crippen molar-refractivity contribution in [2.24, 2.45) is 5.92 Å². The SMILES string of the molecule is CC1CCOC1C(=O)N1CCC[C@H]1CO. The molecule has 2 aliphatic rings. The number of amides is 1. The first-order chi connectivity index (χ1) is 7.24. The van der Waals surface area contributed by atoms with Crippen LogP contribution in [0.5, 0.6) is 0 Å². The summed E-state index contributed by atoms with van der Waals surface area (Å²) in [6, 6.07) is 0.0221. The molecule has 2 heterocycles. The van der Waals surface area contributed by atoms with Gasteiger partial charge in [-0.25, -0.2) is 0 Å². The molecule has 1 amide bonds. The summed E-state index contributed by atoms with van der Waals surface area (Å²) in [7, 11) is 0. The van der Waals surface area contributed by atoms with Gasteiger partial charge in [0, 0.05) is 13.2 Å². The second-order valence-electron chi connectivity index (χ2n) is 4.57. The second kappa shape index (κ2) is 4.49. The first kappa shape index (κ1) is 10.9. The van der Waals surface area contributed by atoms with Gasteiger partial charge in [-0.1, -0.05) is 6.92 Å². The Kier molecular flexibility index (Phi) is 3.26. The van der Waals surface area contributed by atoms with E-state index in [4.69, 9.17) is 9.84 Å². The van der Waals surface area contributed by atoms with Crippen LogP contribution in [0.15, 0.2) is 0 Å². The molecule has 2 aliphatic heterocycles. The highest BCUT2D eigenvalue weighted by Gasteiger charge is 2.38. The molecule has 0 bridgehead atoms. The number of carbonyl (C=O) groups excluding carboxylic acids is 1. The van der Waals surface area contributed by atoms with Crippen molar-refractivity contribution >= 4 is 5.91 Å². The van der Waals surface area contributed by atoms with Crippen molar-refractivity contribution in [3.05, 3.63) is 0 Å². The lowest BCUT2D eigenvalue weighted by molar-refractivity contribution is -0.144. The molecule has 1 N–H and O–H groups in total. The molecule has 2 rings (SSSR count). The molecule has 15 heavy (non-hydrogen) atoms. The van der Waals surface area contributed by atoms with E-state index in [-0.39, 0.29) is 24.7 Å². The average molecular weight is 213 g/mol. The van der Waals surface area contributed by atoms with Crippen LogP contribution in [0.4, 0.5) is 0 Å². The van der Waals surface area contributed by atoms with Gasteiger partial charge in [0.2, 0.25) is 0 Å². The third-order valence-corrected chi connectivity index (χ3v) is 3.50. The van der Waals surface area contributed by atoms with Crippen molar-refractivity contribution in [3.8, 4) is 0 Å². The zero-order valence-corrected chi connectivity index (χ0v) is 9.19. The molecule has 2 unspecified atom stereocenters. The number of hydrogen-bond donors (Lipinski definition) is 1. The summed E-state index contributed by atoms with van der Waals surface area (Å²) in [5, 5.41) is 9.16. The first-order valence-electron chi connectivity index (χ1n) is 5.77. The fourth-order valence-electron chi connectivity index (χ4n) is 2.49. The molecule has 0 aliphatic carbocycles. The Labute approximate surface area is 90.2 Å². The van der Waals surface area contributed by atoms with E-state index in [0.717, 1.165) is 25.8 Å². The molecule has 0 saturated carbocycles. The van der Waals surface area contributed by atoms with Crippen LogP contribution >= 0.6 is 0 Å². The van der Waals surface area contributed by atoms with Crippen LogP contribution in [-0.4, -0.2) is 47.8 Å². The second-order valence-corrected chi connectivity index (χ2v) is 4.57. The summed E-state index contributed by atoms with van der Waals surface area (Å²) in [6.45, 7) is 3.60. The Bertz CT molecular complexity index is 244. The summed E-state index contributed by atoms with van der Waals surface area (Å²) in [5.74, 6) is 0.397. The molecule has 0 aromatic heterocycles. The average Bonchev–Trinajstić information content (AvgIpc) is 2.84. The minimum atomic E-state index is -0.267. The van der Waals surface area contributed by atoms with Gasteiger partial charge in [-0.2, -0.15) is 0 Å². The third kappa shape index (κ3) is 2.01. The van der Waals surface area contributed by atoms with Crippen molar-refractivity contribution in [1.29, 1.82) is 0 Å². The van der Waals surface area contributed by atoms with Crippen LogP contribution in [0, 0.1) is 5.92 Å². The predicted octanol–water partition coefficient (Wildman–Crippen LogP) is 0.395. The van der Waals surface area contributed by atoms with Gasteiger partial charge in [0.05, 0.1) is 12.6 Å². The quantitative estimate of drug-likeness (QED) is 0.722. The number of nitrogens with zero attached hydrogens (tertiary/aromatic N) is 1. The molecule has 2 fully saturated rings. The molecule has 2 saturated heterocycles. The molecular weight excluding hydrogens is 194 g/mol. The Morgan fingerprint density at radius 1 is 1.53 bits per heavy atom. The van der Waals surface area contributed by atoms with Gasteiger partial charge in [-0.3, -0.25) is 4.79 Å². The largest absolute Gasteiger partial charge is 0.394 e. The number of carbonyl (C=O) groups is 1. The van der Waals surface area contributed by atoms with E-state index in [2.05, 4.69) is 6.92 Å². The Morgan fingerprint density at radius 2 is 2.33 bits per heavy atom. The van der Waals surface area contributed by atoms with Crippen LogP contribution in [-0.2, 0) is 9.53 Å². The van der Waals surface area contributed by atoms with Gasteiger partial charge < -0.3 is 14.7 Å². The lowest BCUT2D eigenvalue weighted by Crippen LogP contribution is -2.45. The van der Waals surface area contributed by atoms with Crippen molar-refractivity contribution in [2.75, 3.05) is 19.8 Å². The van der Waals surface area contributed by atoms with E-state index in [0.29, 0.717) is 12.5 Å². The Hall–Kier alpha value is -0.610. The summed E-state index contributed by atoms with van der Waals surface area (Å²) < 4.78 is 5.46. The van der Waals surface area contributed by atoms with Gasteiger partial charge in [-0.15, -0.1) is 0 Å². The van der Waals surface area contributed by atoms with Crippen molar-refractivity contribution in [3.63, 3.8) is 0 Å². The molecule has 0 radical (unpaired) electrons. The normalized spacial score (nSPS) is 36.1. The highest BCUT2D eigenvalue weighted by atomic mass is 16.5. The van der Waals surface area contributed by atoms with E-state index in [9.17, 15) is 4.79 Å². The Balaban J connectivity index is 2.00. The minimum Gasteiger partial charge on any atom is -0.394 e. The van der Waals surface area contributed by atoms with Gasteiger partial charge in [0.1, 0.15) is 6.10 Å². The summed E-state index contributed by atoms with van der Waals surface area (Å²) >= 11 is 0. The maximum absolute atomic E-state index is 12.1. The summed E-state index contributed by atoms with van der Waals surface area (Å²) in [5.41, 5.74) is 0. The van der Waals surface area contributed by atoms with Crippen molar-refractivity contribution in [2.45, 2.75) is 38.3 Å². The van der Waals surface area contributed by atoms with Crippen molar-refractivity contribution in [1.82, 2.24) is 4.90 Å². The first-order valence-corrected chi connectivity index (χ1v) is 5.77. The topological polar surface area (TPSA) is 49.8 Å². The number of ether oxygens (including phenoxy) is 1. The molecule has 0 aromatic rings. The van der Waals surface area contributed by atoms with Gasteiger partial charge >= 0.3 is 0 Å².